The predicted molar refractivity (Wildman–Crippen MR) is 130 cm³/mol. The summed E-state index contributed by atoms with van der Waals surface area (Å²) in [5.74, 6) is 3.30. The molecule has 0 amide bonds. The molecule has 1 fully saturated rings. The van der Waals surface area contributed by atoms with Gasteiger partial charge in [-0.05, 0) is 55.5 Å². The van der Waals surface area contributed by atoms with Crippen LogP contribution in [0.4, 0.5) is 11.8 Å². The van der Waals surface area contributed by atoms with Crippen LogP contribution in [0.5, 0.6) is 11.5 Å². The molecule has 1 aliphatic carbocycles. The summed E-state index contributed by atoms with van der Waals surface area (Å²) < 4.78 is 10.8. The highest BCUT2D eigenvalue weighted by molar-refractivity contribution is 5.90. The number of rotatable bonds is 8. The second-order valence-corrected chi connectivity index (χ2v) is 8.58. The predicted octanol–water partition coefficient (Wildman–Crippen LogP) is 4.23. The Morgan fingerprint density at radius 3 is 2.22 bits per heavy atom. The molecule has 170 valence electrons. The van der Waals surface area contributed by atoms with E-state index in [9.17, 15) is 0 Å². The minimum absolute atomic E-state index is 0.390. The summed E-state index contributed by atoms with van der Waals surface area (Å²) >= 11 is 0. The molecule has 32 heavy (non-hydrogen) atoms. The molecule has 2 aromatic carbocycles. The first-order valence-corrected chi connectivity index (χ1v) is 11.2. The van der Waals surface area contributed by atoms with Crippen LogP contribution in [0, 0.1) is 0 Å². The summed E-state index contributed by atoms with van der Waals surface area (Å²) in [5.41, 5.74) is 2.14. The Bertz CT molecular complexity index is 1030. The number of hydrogen-bond acceptors (Lipinski definition) is 7. The molecule has 1 aromatic heterocycles. The van der Waals surface area contributed by atoms with Gasteiger partial charge in [0.15, 0.2) is 0 Å². The standard InChI is InChI=1S/C25H33N5O2/c1-30(2)24-22-7-5-6-8-23(22)28-25(29-24)27-19-11-9-18(10-12-19)26-16-17-13-20(31-3)15-21(14-17)32-4/h5-8,13-15,18-19,26H,9-12,16H2,1-4H3,(H,27,28,29). The minimum atomic E-state index is 0.390. The highest BCUT2D eigenvalue weighted by atomic mass is 16.5. The van der Waals surface area contributed by atoms with E-state index in [1.54, 1.807) is 14.2 Å². The van der Waals surface area contributed by atoms with Gasteiger partial charge in [-0.25, -0.2) is 4.98 Å². The summed E-state index contributed by atoms with van der Waals surface area (Å²) in [5, 5.41) is 8.35. The molecule has 7 heteroatoms. The lowest BCUT2D eigenvalue weighted by atomic mass is 9.91. The average molecular weight is 436 g/mol. The van der Waals surface area contributed by atoms with Crippen LogP contribution < -0.4 is 25.0 Å². The molecule has 1 saturated carbocycles. The number of hydrogen-bond donors (Lipinski definition) is 2. The molecule has 0 bridgehead atoms. The number of methoxy groups -OCH3 is 2. The first kappa shape index (κ1) is 22.1. The molecule has 7 nitrogen and oxygen atoms in total. The average Bonchev–Trinajstić information content (AvgIpc) is 2.82. The first-order chi connectivity index (χ1) is 15.6. The number of anilines is 2. The molecule has 1 aliphatic rings. The largest absolute Gasteiger partial charge is 0.497 e. The smallest absolute Gasteiger partial charge is 0.225 e. The van der Waals surface area contributed by atoms with Crippen molar-refractivity contribution in [1.29, 1.82) is 0 Å². The summed E-state index contributed by atoms with van der Waals surface area (Å²) in [6, 6.07) is 15.1. The lowest BCUT2D eigenvalue weighted by molar-refractivity contribution is 0.351. The van der Waals surface area contributed by atoms with Crippen molar-refractivity contribution in [2.75, 3.05) is 38.5 Å². The van der Waals surface area contributed by atoms with Crippen molar-refractivity contribution in [3.8, 4) is 11.5 Å². The number of ether oxygens (including phenoxy) is 2. The Hall–Kier alpha value is -3.06. The number of para-hydroxylation sites is 1. The Labute approximate surface area is 190 Å². The third-order valence-corrected chi connectivity index (χ3v) is 6.07. The Kier molecular flexibility index (Phi) is 6.95. The summed E-state index contributed by atoms with van der Waals surface area (Å²) in [4.78, 5) is 11.6. The highest BCUT2D eigenvalue weighted by Crippen LogP contribution is 2.27. The molecule has 4 rings (SSSR count). The highest BCUT2D eigenvalue weighted by Gasteiger charge is 2.22. The van der Waals surface area contributed by atoms with Crippen molar-refractivity contribution in [1.82, 2.24) is 15.3 Å². The molecule has 1 heterocycles. The molecule has 0 spiro atoms. The number of fused-ring (bicyclic) bond motifs is 1. The van der Waals surface area contributed by atoms with E-state index in [4.69, 9.17) is 19.4 Å². The Morgan fingerprint density at radius 2 is 1.56 bits per heavy atom. The van der Waals surface area contributed by atoms with Crippen molar-refractivity contribution in [3.05, 3.63) is 48.0 Å². The van der Waals surface area contributed by atoms with Crippen LogP contribution in [-0.4, -0.2) is 50.4 Å². The van der Waals surface area contributed by atoms with Gasteiger partial charge in [-0.1, -0.05) is 12.1 Å². The van der Waals surface area contributed by atoms with Crippen LogP contribution in [0.2, 0.25) is 0 Å². The molecule has 3 aromatic rings. The second kappa shape index (κ2) is 10.0. The van der Waals surface area contributed by atoms with Crippen molar-refractivity contribution in [2.45, 2.75) is 44.3 Å². The van der Waals surface area contributed by atoms with Gasteiger partial charge in [0.1, 0.15) is 17.3 Å². The van der Waals surface area contributed by atoms with Gasteiger partial charge in [0.2, 0.25) is 5.95 Å². The Morgan fingerprint density at radius 1 is 0.906 bits per heavy atom. The normalized spacial score (nSPS) is 18.4. The fourth-order valence-corrected chi connectivity index (χ4v) is 4.32. The number of benzene rings is 2. The van der Waals surface area contributed by atoms with E-state index >= 15 is 0 Å². The van der Waals surface area contributed by atoms with Crippen LogP contribution in [0.3, 0.4) is 0 Å². The van der Waals surface area contributed by atoms with Crippen molar-refractivity contribution >= 4 is 22.7 Å². The van der Waals surface area contributed by atoms with Gasteiger partial charge in [-0.2, -0.15) is 4.98 Å². The van der Waals surface area contributed by atoms with Crippen molar-refractivity contribution < 1.29 is 9.47 Å². The van der Waals surface area contributed by atoms with E-state index in [0.29, 0.717) is 18.0 Å². The van der Waals surface area contributed by atoms with Gasteiger partial charge in [0.25, 0.3) is 0 Å². The van der Waals surface area contributed by atoms with Gasteiger partial charge < -0.3 is 25.0 Å². The van der Waals surface area contributed by atoms with E-state index in [-0.39, 0.29) is 0 Å². The van der Waals surface area contributed by atoms with E-state index in [1.807, 2.05) is 43.3 Å². The van der Waals surface area contributed by atoms with Gasteiger partial charge in [-0.3, -0.25) is 0 Å². The summed E-state index contributed by atoms with van der Waals surface area (Å²) in [6.07, 6.45) is 4.42. The maximum absolute atomic E-state index is 5.38. The van der Waals surface area contributed by atoms with Crippen LogP contribution in [-0.2, 0) is 6.54 Å². The summed E-state index contributed by atoms with van der Waals surface area (Å²) in [7, 11) is 7.41. The molecule has 0 atom stereocenters. The molecule has 0 saturated heterocycles. The SMILES string of the molecule is COc1cc(CNC2CCC(Nc3nc(N(C)C)c4ccccc4n3)CC2)cc(OC)c1. The van der Waals surface area contributed by atoms with Gasteiger partial charge >= 0.3 is 0 Å². The molecule has 0 aliphatic heterocycles. The van der Waals surface area contributed by atoms with E-state index in [1.165, 1.54) is 5.56 Å². The first-order valence-electron chi connectivity index (χ1n) is 11.2. The maximum Gasteiger partial charge on any atom is 0.225 e. The molecule has 0 radical (unpaired) electrons. The number of nitrogens with zero attached hydrogens (tertiary/aromatic N) is 3. The zero-order valence-electron chi connectivity index (χ0n) is 19.4. The fourth-order valence-electron chi connectivity index (χ4n) is 4.32. The quantitative estimate of drug-likeness (QED) is 0.549. The topological polar surface area (TPSA) is 71.5 Å². The second-order valence-electron chi connectivity index (χ2n) is 8.58. The van der Waals surface area contributed by atoms with Crippen LogP contribution >= 0.6 is 0 Å². The maximum atomic E-state index is 5.38. The van der Waals surface area contributed by atoms with Gasteiger partial charge in [-0.15, -0.1) is 0 Å². The Balaban J connectivity index is 1.34. The van der Waals surface area contributed by atoms with Gasteiger partial charge in [0, 0.05) is 44.2 Å². The monoisotopic (exact) mass is 435 g/mol. The van der Waals surface area contributed by atoms with Crippen LogP contribution in [0.15, 0.2) is 42.5 Å². The van der Waals surface area contributed by atoms with E-state index in [2.05, 4.69) is 28.8 Å². The minimum Gasteiger partial charge on any atom is -0.497 e. The third-order valence-electron chi connectivity index (χ3n) is 6.07. The molecule has 2 N–H and O–H groups in total. The molecular formula is C25H33N5O2. The molecular weight excluding hydrogens is 402 g/mol. The fraction of sp³-hybridized carbons (Fsp3) is 0.440. The lowest BCUT2D eigenvalue weighted by Gasteiger charge is -2.30. The zero-order chi connectivity index (χ0) is 22.5. The van der Waals surface area contributed by atoms with Crippen molar-refractivity contribution in [3.63, 3.8) is 0 Å². The van der Waals surface area contributed by atoms with Crippen LogP contribution in [0.25, 0.3) is 10.9 Å². The molecule has 0 unspecified atom stereocenters. The number of aromatic nitrogens is 2. The van der Waals surface area contributed by atoms with Crippen LogP contribution in [0.1, 0.15) is 31.2 Å². The van der Waals surface area contributed by atoms with Crippen molar-refractivity contribution in [2.24, 2.45) is 0 Å². The van der Waals surface area contributed by atoms with E-state index < -0.39 is 0 Å². The third kappa shape index (κ3) is 5.22. The summed E-state index contributed by atoms with van der Waals surface area (Å²) in [6.45, 7) is 0.802. The van der Waals surface area contributed by atoms with E-state index in [0.717, 1.165) is 60.4 Å². The van der Waals surface area contributed by atoms with Gasteiger partial charge in [0.05, 0.1) is 19.7 Å². The lowest BCUT2D eigenvalue weighted by Crippen LogP contribution is -2.37. The zero-order valence-corrected chi connectivity index (χ0v) is 19.4. The number of nitrogens with one attached hydrogen (secondary N) is 2.